The number of nitrogens with zero attached hydrogens (tertiary/aromatic N) is 1. The highest BCUT2D eigenvalue weighted by molar-refractivity contribution is 14.1. The van der Waals surface area contributed by atoms with Crippen LogP contribution in [-0.4, -0.2) is 77.5 Å². The largest absolute Gasteiger partial charge is 0.493 e. The number of aliphatic hydroxyl groups is 2. The number of nitrogens with one attached hydrogen (secondary N) is 1. The normalized spacial score (nSPS) is 18.0. The summed E-state index contributed by atoms with van der Waals surface area (Å²) >= 11 is 1.96. The summed E-state index contributed by atoms with van der Waals surface area (Å²) in [5.41, 5.74) is 0.749. The number of amides is 2. The third-order valence-electron chi connectivity index (χ3n) is 6.79. The maximum Gasteiger partial charge on any atom is 0.247 e. The van der Waals surface area contributed by atoms with Gasteiger partial charge in [0.1, 0.15) is 30.1 Å². The van der Waals surface area contributed by atoms with Crippen molar-refractivity contribution in [1.29, 1.82) is 0 Å². The Kier molecular flexibility index (Phi) is 12.4. The molecule has 3 rings (SSSR count). The van der Waals surface area contributed by atoms with Crippen molar-refractivity contribution in [3.8, 4) is 11.5 Å². The molecule has 0 fully saturated rings. The number of ether oxygens (including phenoxy) is 2. The highest BCUT2D eigenvalue weighted by atomic mass is 127. The average Bonchev–Trinajstić information content (AvgIpc) is 2.97. The minimum Gasteiger partial charge on any atom is -0.493 e. The molecule has 0 bridgehead atoms. The van der Waals surface area contributed by atoms with Gasteiger partial charge in [0.15, 0.2) is 11.5 Å². The molecular weight excluding hydrogens is 662 g/mol. The van der Waals surface area contributed by atoms with E-state index >= 15 is 0 Å². The van der Waals surface area contributed by atoms with E-state index in [1.54, 1.807) is 12.1 Å². The number of halogens is 2. The van der Waals surface area contributed by atoms with Crippen LogP contribution in [-0.2, 0) is 20.9 Å². The van der Waals surface area contributed by atoms with Crippen LogP contribution < -0.4 is 14.8 Å². The summed E-state index contributed by atoms with van der Waals surface area (Å²) in [4.78, 5) is 50.8. The molecule has 0 saturated heterocycles. The van der Waals surface area contributed by atoms with E-state index in [0.717, 1.165) is 0 Å². The fourth-order valence-electron chi connectivity index (χ4n) is 4.67. The quantitative estimate of drug-likeness (QED) is 0.202. The molecule has 0 aliphatic heterocycles. The van der Waals surface area contributed by atoms with Crippen LogP contribution in [0, 0.1) is 9.39 Å². The molecule has 1 aliphatic carbocycles. The third-order valence-corrected chi connectivity index (χ3v) is 7.60. The van der Waals surface area contributed by atoms with Crippen LogP contribution in [0.15, 0.2) is 48.0 Å². The van der Waals surface area contributed by atoms with Gasteiger partial charge in [-0.1, -0.05) is 18.2 Å². The van der Waals surface area contributed by atoms with E-state index in [4.69, 9.17) is 9.47 Å². The van der Waals surface area contributed by atoms with E-state index in [1.807, 2.05) is 22.6 Å². The van der Waals surface area contributed by atoms with E-state index in [0.29, 0.717) is 15.4 Å². The first-order chi connectivity index (χ1) is 20.1. The molecule has 3 atom stereocenters. The van der Waals surface area contributed by atoms with Crippen LogP contribution in [0.3, 0.4) is 0 Å². The number of Topliss-reactive ketones (excluding diaryl/α,β-unsaturated/α-hetero) is 1. The Bertz CT molecular complexity index is 1330. The first-order valence-electron chi connectivity index (χ1n) is 13.4. The topological polar surface area (TPSA) is 142 Å². The monoisotopic (exact) mass is 696 g/mol. The number of carbonyl (C=O) groups excluding carboxylic acids is 4. The van der Waals surface area contributed by atoms with E-state index in [1.165, 1.54) is 49.3 Å². The van der Waals surface area contributed by atoms with Gasteiger partial charge in [-0.05, 0) is 60.2 Å². The van der Waals surface area contributed by atoms with Crippen molar-refractivity contribution in [2.75, 3.05) is 20.3 Å². The van der Waals surface area contributed by atoms with Crippen molar-refractivity contribution in [3.63, 3.8) is 0 Å². The number of aldehydes is 1. The molecular formula is C30H34FIN2O8. The summed E-state index contributed by atoms with van der Waals surface area (Å²) in [6.07, 6.45) is -0.0862. The number of aliphatic hydroxyl groups excluding tert-OH is 2. The van der Waals surface area contributed by atoms with Crippen molar-refractivity contribution in [2.45, 2.75) is 57.4 Å². The molecule has 2 aromatic rings. The second kappa shape index (κ2) is 15.8. The van der Waals surface area contributed by atoms with Gasteiger partial charge in [0, 0.05) is 49.1 Å². The number of ketones is 1. The molecule has 0 heterocycles. The van der Waals surface area contributed by atoms with Crippen LogP contribution in [0.1, 0.15) is 48.5 Å². The zero-order valence-electron chi connectivity index (χ0n) is 23.3. The SMILES string of the molecule is COc1cc(C=O)cc(I)c1OC1C=C(C(=O)NCCO)CC(N(Cc2ccccc2F)C(=O)CCCC(C)=O)C1O. The predicted molar refractivity (Wildman–Crippen MR) is 160 cm³/mol. The summed E-state index contributed by atoms with van der Waals surface area (Å²) in [7, 11) is 1.40. The molecule has 12 heteroatoms. The zero-order chi connectivity index (χ0) is 30.8. The maximum absolute atomic E-state index is 14.7. The second-order valence-corrected chi connectivity index (χ2v) is 11.0. The lowest BCUT2D eigenvalue weighted by molar-refractivity contribution is -0.139. The summed E-state index contributed by atoms with van der Waals surface area (Å²) < 4.78 is 26.8. The summed E-state index contributed by atoms with van der Waals surface area (Å²) in [5.74, 6) is -1.13. The smallest absolute Gasteiger partial charge is 0.247 e. The van der Waals surface area contributed by atoms with Crippen LogP contribution in [0.2, 0.25) is 0 Å². The van der Waals surface area contributed by atoms with Gasteiger partial charge < -0.3 is 34.7 Å². The van der Waals surface area contributed by atoms with Crippen molar-refractivity contribution < 1.29 is 43.3 Å². The van der Waals surface area contributed by atoms with Crippen LogP contribution in [0.5, 0.6) is 11.5 Å². The van der Waals surface area contributed by atoms with Gasteiger partial charge in [-0.3, -0.25) is 14.4 Å². The first kappa shape index (κ1) is 33.1. The van der Waals surface area contributed by atoms with Crippen LogP contribution >= 0.6 is 22.6 Å². The molecule has 2 amide bonds. The van der Waals surface area contributed by atoms with Gasteiger partial charge >= 0.3 is 0 Å². The predicted octanol–water partition coefficient (Wildman–Crippen LogP) is 2.96. The minimum absolute atomic E-state index is 0.0171. The molecule has 226 valence electrons. The van der Waals surface area contributed by atoms with Gasteiger partial charge in [0.2, 0.25) is 11.8 Å². The van der Waals surface area contributed by atoms with Gasteiger partial charge in [0.05, 0.1) is 23.3 Å². The van der Waals surface area contributed by atoms with Crippen LogP contribution in [0.4, 0.5) is 4.39 Å². The molecule has 3 N–H and O–H groups in total. The number of carbonyl (C=O) groups is 4. The number of rotatable bonds is 14. The Hall–Kier alpha value is -3.36. The van der Waals surface area contributed by atoms with Crippen molar-refractivity contribution >= 4 is 46.5 Å². The minimum atomic E-state index is -1.37. The van der Waals surface area contributed by atoms with Crippen molar-refractivity contribution in [3.05, 3.63) is 68.6 Å². The van der Waals surface area contributed by atoms with Gasteiger partial charge in [-0.15, -0.1) is 0 Å². The van der Waals surface area contributed by atoms with E-state index < -0.39 is 35.9 Å². The standard InChI is InChI=1S/C30H34FIN2O8/c1-18(37)6-5-9-27(38)34(16-20-7-3-4-8-22(20)31)24-14-21(30(40)33-10-11-35)15-25(28(24)39)42-29-23(32)12-19(17-36)13-26(29)41-2/h3-4,7-8,12-13,15,17,24-25,28,35,39H,5-6,9-11,14,16H2,1-2H3,(H,33,40). The maximum atomic E-state index is 14.7. The number of methoxy groups -OCH3 is 1. The molecule has 3 unspecified atom stereocenters. The lowest BCUT2D eigenvalue weighted by Crippen LogP contribution is -2.55. The van der Waals surface area contributed by atoms with Gasteiger partial charge in [0.25, 0.3) is 0 Å². The lowest BCUT2D eigenvalue weighted by Gasteiger charge is -2.41. The van der Waals surface area contributed by atoms with Crippen molar-refractivity contribution in [2.24, 2.45) is 0 Å². The Morgan fingerprint density at radius 2 is 1.95 bits per heavy atom. The third kappa shape index (κ3) is 8.58. The van der Waals surface area contributed by atoms with E-state index in [2.05, 4.69) is 5.32 Å². The van der Waals surface area contributed by atoms with E-state index in [-0.39, 0.29) is 73.8 Å². The molecule has 1 aliphatic rings. The molecule has 0 radical (unpaired) electrons. The lowest BCUT2D eigenvalue weighted by atomic mass is 9.87. The Morgan fingerprint density at radius 3 is 2.60 bits per heavy atom. The van der Waals surface area contributed by atoms with Crippen molar-refractivity contribution in [1.82, 2.24) is 10.2 Å². The number of hydrogen-bond acceptors (Lipinski definition) is 8. The first-order valence-corrected chi connectivity index (χ1v) is 14.5. The zero-order valence-corrected chi connectivity index (χ0v) is 25.5. The molecule has 0 saturated carbocycles. The Labute approximate surface area is 257 Å². The average molecular weight is 697 g/mol. The Balaban J connectivity index is 2.04. The fraction of sp³-hybridized carbons (Fsp3) is 0.400. The van der Waals surface area contributed by atoms with E-state index in [9.17, 15) is 33.8 Å². The molecule has 2 aromatic carbocycles. The number of benzene rings is 2. The highest BCUT2D eigenvalue weighted by Crippen LogP contribution is 2.37. The molecule has 0 spiro atoms. The molecule has 42 heavy (non-hydrogen) atoms. The summed E-state index contributed by atoms with van der Waals surface area (Å²) in [6, 6.07) is 7.97. The van der Waals surface area contributed by atoms with Gasteiger partial charge in [-0.25, -0.2) is 4.39 Å². The summed E-state index contributed by atoms with van der Waals surface area (Å²) in [6.45, 7) is 0.919. The second-order valence-electron chi connectivity index (χ2n) is 9.84. The number of hydrogen-bond donors (Lipinski definition) is 3. The fourth-order valence-corrected chi connectivity index (χ4v) is 5.42. The molecule has 0 aromatic heterocycles. The highest BCUT2D eigenvalue weighted by Gasteiger charge is 2.41. The molecule has 10 nitrogen and oxygen atoms in total. The van der Waals surface area contributed by atoms with Crippen LogP contribution in [0.25, 0.3) is 0 Å². The summed E-state index contributed by atoms with van der Waals surface area (Å²) in [5, 5.41) is 23.4. The van der Waals surface area contributed by atoms with Gasteiger partial charge in [-0.2, -0.15) is 0 Å². The Morgan fingerprint density at radius 1 is 1.21 bits per heavy atom.